The van der Waals surface area contributed by atoms with Gasteiger partial charge in [0.05, 0.1) is 24.7 Å². The summed E-state index contributed by atoms with van der Waals surface area (Å²) in [5, 5.41) is 3.34. The molecule has 2 aliphatic rings. The van der Waals surface area contributed by atoms with Crippen molar-refractivity contribution in [1.29, 1.82) is 0 Å². The summed E-state index contributed by atoms with van der Waals surface area (Å²) in [5.41, 5.74) is 1.13. The quantitative estimate of drug-likeness (QED) is 0.618. The van der Waals surface area contributed by atoms with Crippen LogP contribution in [0.15, 0.2) is 18.5 Å². The first-order valence-corrected chi connectivity index (χ1v) is 7.03. The molecule has 1 aliphatic carbocycles. The molecule has 1 saturated carbocycles. The van der Waals surface area contributed by atoms with Crippen LogP contribution in [0.25, 0.3) is 0 Å². The van der Waals surface area contributed by atoms with Gasteiger partial charge in [0.25, 0.3) is 0 Å². The molecule has 1 N–H and O–H groups in total. The molecule has 1 aromatic heterocycles. The zero-order valence-corrected chi connectivity index (χ0v) is 11.2. The smallest absolute Gasteiger partial charge is 0.189 e. The summed E-state index contributed by atoms with van der Waals surface area (Å²) in [5.74, 6) is 1.56. The van der Waals surface area contributed by atoms with Crippen LogP contribution in [0.3, 0.4) is 0 Å². The zero-order chi connectivity index (χ0) is 12.9. The van der Waals surface area contributed by atoms with Gasteiger partial charge in [-0.05, 0) is 18.8 Å². The molecule has 5 heteroatoms. The lowest BCUT2D eigenvalue weighted by molar-refractivity contribution is 0.00981. The molecule has 2 heterocycles. The Morgan fingerprint density at radius 2 is 2.11 bits per heavy atom. The lowest BCUT2D eigenvalue weighted by Crippen LogP contribution is -2.43. The van der Waals surface area contributed by atoms with Crippen molar-refractivity contribution in [2.45, 2.75) is 12.8 Å². The number of rotatable bonds is 6. The predicted molar refractivity (Wildman–Crippen MR) is 73.5 cm³/mol. The molecule has 2 fully saturated rings. The Labute approximate surface area is 113 Å². The van der Waals surface area contributed by atoms with E-state index in [-0.39, 0.29) is 0 Å². The molecule has 5 nitrogen and oxygen atoms in total. The van der Waals surface area contributed by atoms with Gasteiger partial charge in [0.15, 0.2) is 6.79 Å². The van der Waals surface area contributed by atoms with E-state index < -0.39 is 0 Å². The predicted octanol–water partition coefficient (Wildman–Crippen LogP) is 1.25. The molecule has 1 aliphatic heterocycles. The van der Waals surface area contributed by atoms with Gasteiger partial charge in [0, 0.05) is 32.2 Å². The van der Waals surface area contributed by atoms with Crippen LogP contribution in [0.5, 0.6) is 5.75 Å². The third kappa shape index (κ3) is 3.81. The molecule has 0 aromatic carbocycles. The Morgan fingerprint density at radius 3 is 2.89 bits per heavy atom. The summed E-state index contributed by atoms with van der Waals surface area (Å²) in [7, 11) is 0. The minimum absolute atomic E-state index is 0.323. The fraction of sp³-hybridized carbons (Fsp3) is 0.643. The third-order valence-corrected chi connectivity index (χ3v) is 3.54. The van der Waals surface area contributed by atoms with Crippen molar-refractivity contribution >= 4 is 5.69 Å². The molecule has 0 bridgehead atoms. The second kappa shape index (κ2) is 6.21. The molecule has 0 atom stereocenters. The van der Waals surface area contributed by atoms with E-state index in [1.165, 1.54) is 12.8 Å². The summed E-state index contributed by atoms with van der Waals surface area (Å²) >= 11 is 0. The number of hydrogen-bond acceptors (Lipinski definition) is 5. The molecular weight excluding hydrogens is 242 g/mol. The molecule has 0 amide bonds. The second-order valence-electron chi connectivity index (χ2n) is 5.19. The Hall–Kier alpha value is -1.33. The SMILES string of the molecule is c1ncc(N2CCNCC2)cc1OCOCC1CC1. The Bertz CT molecular complexity index is 403. The van der Waals surface area contributed by atoms with Gasteiger partial charge in [-0.1, -0.05) is 0 Å². The highest BCUT2D eigenvalue weighted by Gasteiger charge is 2.21. The first kappa shape index (κ1) is 12.7. The lowest BCUT2D eigenvalue weighted by atomic mass is 10.3. The van der Waals surface area contributed by atoms with Crippen molar-refractivity contribution in [1.82, 2.24) is 10.3 Å². The summed E-state index contributed by atoms with van der Waals surface area (Å²) in [6.45, 7) is 5.23. The molecule has 1 saturated heterocycles. The van der Waals surface area contributed by atoms with Gasteiger partial charge < -0.3 is 19.7 Å². The van der Waals surface area contributed by atoms with Crippen LogP contribution in [0.1, 0.15) is 12.8 Å². The van der Waals surface area contributed by atoms with Crippen LogP contribution in [0.2, 0.25) is 0 Å². The standard InChI is InChI=1S/C14H21N3O2/c1-2-12(1)10-18-11-19-14-7-13(8-16-9-14)17-5-3-15-4-6-17/h7-9,12,15H,1-6,10-11H2. The number of nitrogens with zero attached hydrogens (tertiary/aromatic N) is 2. The molecule has 1 aromatic rings. The number of pyridine rings is 1. The highest BCUT2D eigenvalue weighted by molar-refractivity contribution is 5.48. The van der Waals surface area contributed by atoms with Crippen LogP contribution < -0.4 is 15.0 Å². The fourth-order valence-corrected chi connectivity index (χ4v) is 2.19. The van der Waals surface area contributed by atoms with E-state index in [1.807, 2.05) is 12.3 Å². The number of aromatic nitrogens is 1. The molecule has 104 valence electrons. The Balaban J connectivity index is 1.49. The van der Waals surface area contributed by atoms with Gasteiger partial charge >= 0.3 is 0 Å². The van der Waals surface area contributed by atoms with Crippen LogP contribution in [0.4, 0.5) is 5.69 Å². The molecule has 0 unspecified atom stereocenters. The lowest BCUT2D eigenvalue weighted by Gasteiger charge is -2.29. The minimum atomic E-state index is 0.323. The van der Waals surface area contributed by atoms with Crippen LogP contribution in [-0.2, 0) is 4.74 Å². The van der Waals surface area contributed by atoms with Crippen LogP contribution >= 0.6 is 0 Å². The van der Waals surface area contributed by atoms with E-state index in [1.54, 1.807) is 6.20 Å². The van der Waals surface area contributed by atoms with Crippen molar-refractivity contribution in [2.75, 3.05) is 44.5 Å². The maximum atomic E-state index is 5.59. The third-order valence-electron chi connectivity index (χ3n) is 3.54. The maximum absolute atomic E-state index is 5.59. The number of anilines is 1. The largest absolute Gasteiger partial charge is 0.466 e. The molecule has 19 heavy (non-hydrogen) atoms. The molecule has 3 rings (SSSR count). The topological polar surface area (TPSA) is 46.6 Å². The summed E-state index contributed by atoms with van der Waals surface area (Å²) in [6, 6.07) is 2.04. The second-order valence-corrected chi connectivity index (χ2v) is 5.19. The molecule has 0 radical (unpaired) electrons. The zero-order valence-electron chi connectivity index (χ0n) is 11.2. The van der Waals surface area contributed by atoms with Gasteiger partial charge in [0.2, 0.25) is 0 Å². The first-order valence-electron chi connectivity index (χ1n) is 7.03. The molecule has 0 spiro atoms. The van der Waals surface area contributed by atoms with Gasteiger partial charge in [0.1, 0.15) is 5.75 Å². The van der Waals surface area contributed by atoms with Crippen molar-refractivity contribution < 1.29 is 9.47 Å². The summed E-state index contributed by atoms with van der Waals surface area (Å²) < 4.78 is 11.1. The van der Waals surface area contributed by atoms with Gasteiger partial charge in [-0.25, -0.2) is 0 Å². The van der Waals surface area contributed by atoms with Gasteiger partial charge in [-0.15, -0.1) is 0 Å². The Kier molecular flexibility index (Phi) is 4.15. The van der Waals surface area contributed by atoms with Crippen LogP contribution in [0, 0.1) is 5.92 Å². The van der Waals surface area contributed by atoms with Crippen molar-refractivity contribution in [3.63, 3.8) is 0 Å². The van der Waals surface area contributed by atoms with Crippen molar-refractivity contribution in [3.8, 4) is 5.75 Å². The summed E-state index contributed by atoms with van der Waals surface area (Å²) in [4.78, 5) is 6.56. The van der Waals surface area contributed by atoms with Gasteiger partial charge in [-0.3, -0.25) is 4.98 Å². The van der Waals surface area contributed by atoms with E-state index in [0.717, 1.165) is 50.1 Å². The average Bonchev–Trinajstić information content (AvgIpc) is 3.29. The molecular formula is C14H21N3O2. The number of nitrogens with one attached hydrogen (secondary N) is 1. The monoisotopic (exact) mass is 263 g/mol. The van der Waals surface area contributed by atoms with Gasteiger partial charge in [-0.2, -0.15) is 0 Å². The van der Waals surface area contributed by atoms with Crippen molar-refractivity contribution in [3.05, 3.63) is 18.5 Å². The van der Waals surface area contributed by atoms with E-state index in [9.17, 15) is 0 Å². The van der Waals surface area contributed by atoms with E-state index >= 15 is 0 Å². The highest BCUT2D eigenvalue weighted by atomic mass is 16.7. The normalized spacial score (nSPS) is 19.5. The van der Waals surface area contributed by atoms with Crippen LogP contribution in [-0.4, -0.2) is 44.6 Å². The van der Waals surface area contributed by atoms with E-state index in [0.29, 0.717) is 6.79 Å². The Morgan fingerprint density at radius 1 is 1.26 bits per heavy atom. The highest BCUT2D eigenvalue weighted by Crippen LogP contribution is 2.28. The maximum Gasteiger partial charge on any atom is 0.189 e. The number of ether oxygens (including phenoxy) is 2. The average molecular weight is 263 g/mol. The van der Waals surface area contributed by atoms with E-state index in [2.05, 4.69) is 15.2 Å². The first-order chi connectivity index (χ1) is 9.42. The summed E-state index contributed by atoms with van der Waals surface area (Å²) in [6.07, 6.45) is 6.25. The van der Waals surface area contributed by atoms with E-state index in [4.69, 9.17) is 9.47 Å². The minimum Gasteiger partial charge on any atom is -0.466 e. The fourth-order valence-electron chi connectivity index (χ4n) is 2.19. The number of piperazine rings is 1. The number of hydrogen-bond donors (Lipinski definition) is 1. The van der Waals surface area contributed by atoms with Crippen molar-refractivity contribution in [2.24, 2.45) is 5.92 Å².